The van der Waals surface area contributed by atoms with E-state index in [9.17, 15) is 4.79 Å². The molecule has 1 aliphatic rings. The quantitative estimate of drug-likeness (QED) is 0.889. The summed E-state index contributed by atoms with van der Waals surface area (Å²) in [7, 11) is 0. The summed E-state index contributed by atoms with van der Waals surface area (Å²) >= 11 is 0. The van der Waals surface area contributed by atoms with E-state index < -0.39 is 5.54 Å². The molecule has 4 nitrogen and oxygen atoms in total. The Hall–Kier alpha value is -1.55. The minimum absolute atomic E-state index is 0.0157. The van der Waals surface area contributed by atoms with Gasteiger partial charge in [0.25, 0.3) is 0 Å². The second-order valence-electron chi connectivity index (χ2n) is 5.60. The Kier molecular flexibility index (Phi) is 4.65. The van der Waals surface area contributed by atoms with Gasteiger partial charge in [-0.2, -0.15) is 0 Å². The van der Waals surface area contributed by atoms with E-state index in [0.29, 0.717) is 6.61 Å². The third kappa shape index (κ3) is 3.31. The van der Waals surface area contributed by atoms with Crippen LogP contribution in [-0.2, 0) is 4.79 Å². The van der Waals surface area contributed by atoms with Gasteiger partial charge >= 0.3 is 0 Å². The fourth-order valence-corrected chi connectivity index (χ4v) is 2.52. The van der Waals surface area contributed by atoms with Crippen LogP contribution in [0.15, 0.2) is 18.2 Å². The molecule has 2 N–H and O–H groups in total. The Labute approximate surface area is 120 Å². The second-order valence-corrected chi connectivity index (χ2v) is 5.60. The maximum absolute atomic E-state index is 12.5. The summed E-state index contributed by atoms with van der Waals surface area (Å²) in [6, 6.07) is 5.84. The molecule has 1 fully saturated rings. The molecular weight excluding hydrogens is 252 g/mol. The largest absolute Gasteiger partial charge is 0.492 e. The van der Waals surface area contributed by atoms with Gasteiger partial charge in [-0.3, -0.25) is 4.79 Å². The van der Waals surface area contributed by atoms with Crippen LogP contribution in [0.5, 0.6) is 5.75 Å². The number of anilines is 1. The van der Waals surface area contributed by atoms with Crippen LogP contribution in [0.1, 0.15) is 38.7 Å². The standard InChI is InChI=1S/C16H24N2O2/c1-4-20-14-11-12(2)7-8-13(14)18-15(19)16(3)9-5-6-10-17-16/h7-8,11,17H,4-6,9-10H2,1-3H3,(H,18,19). The number of amides is 1. The third-order valence-electron chi connectivity index (χ3n) is 3.81. The Morgan fingerprint density at radius 1 is 1.45 bits per heavy atom. The summed E-state index contributed by atoms with van der Waals surface area (Å²) in [6.45, 7) is 7.41. The Balaban J connectivity index is 2.14. The van der Waals surface area contributed by atoms with Gasteiger partial charge in [0.05, 0.1) is 17.8 Å². The highest BCUT2D eigenvalue weighted by molar-refractivity contribution is 5.99. The molecule has 1 amide bonds. The molecule has 0 radical (unpaired) electrons. The van der Waals surface area contributed by atoms with Crippen molar-refractivity contribution in [1.82, 2.24) is 5.32 Å². The van der Waals surface area contributed by atoms with E-state index in [4.69, 9.17) is 4.74 Å². The number of benzene rings is 1. The van der Waals surface area contributed by atoms with Gasteiger partial charge in [0.2, 0.25) is 5.91 Å². The lowest BCUT2D eigenvalue weighted by Crippen LogP contribution is -2.54. The minimum Gasteiger partial charge on any atom is -0.492 e. The Bertz CT molecular complexity index is 479. The van der Waals surface area contributed by atoms with Crippen LogP contribution < -0.4 is 15.4 Å². The lowest BCUT2D eigenvalue weighted by Gasteiger charge is -2.33. The Morgan fingerprint density at radius 2 is 2.25 bits per heavy atom. The average molecular weight is 276 g/mol. The van der Waals surface area contributed by atoms with Gasteiger partial charge in [-0.25, -0.2) is 0 Å². The molecule has 1 aromatic carbocycles. The van der Waals surface area contributed by atoms with Crippen LogP contribution in [0.2, 0.25) is 0 Å². The SMILES string of the molecule is CCOc1cc(C)ccc1NC(=O)C1(C)CCCCN1. The topological polar surface area (TPSA) is 50.4 Å². The predicted molar refractivity (Wildman–Crippen MR) is 81.2 cm³/mol. The van der Waals surface area contributed by atoms with Crippen molar-refractivity contribution in [3.05, 3.63) is 23.8 Å². The van der Waals surface area contributed by atoms with Crippen molar-refractivity contribution < 1.29 is 9.53 Å². The van der Waals surface area contributed by atoms with Crippen LogP contribution >= 0.6 is 0 Å². The molecule has 0 saturated carbocycles. The molecule has 0 bridgehead atoms. The summed E-state index contributed by atoms with van der Waals surface area (Å²) in [6.07, 6.45) is 3.09. The number of carbonyl (C=O) groups is 1. The molecule has 2 rings (SSSR count). The molecule has 1 saturated heterocycles. The molecule has 0 aromatic heterocycles. The molecule has 0 aliphatic carbocycles. The number of carbonyl (C=O) groups excluding carboxylic acids is 1. The van der Waals surface area contributed by atoms with E-state index in [1.54, 1.807) is 0 Å². The highest BCUT2D eigenvalue weighted by Crippen LogP contribution is 2.28. The predicted octanol–water partition coefficient (Wildman–Crippen LogP) is 2.86. The van der Waals surface area contributed by atoms with Crippen molar-refractivity contribution in [1.29, 1.82) is 0 Å². The molecule has 4 heteroatoms. The van der Waals surface area contributed by atoms with Crippen molar-refractivity contribution in [3.8, 4) is 5.75 Å². The number of ether oxygens (including phenoxy) is 1. The zero-order chi connectivity index (χ0) is 14.6. The van der Waals surface area contributed by atoms with Crippen molar-refractivity contribution in [3.63, 3.8) is 0 Å². The van der Waals surface area contributed by atoms with Gasteiger partial charge in [-0.1, -0.05) is 6.07 Å². The van der Waals surface area contributed by atoms with Crippen molar-refractivity contribution in [2.45, 2.75) is 45.6 Å². The van der Waals surface area contributed by atoms with E-state index in [-0.39, 0.29) is 5.91 Å². The number of hydrogen-bond acceptors (Lipinski definition) is 3. The summed E-state index contributed by atoms with van der Waals surface area (Å²) < 4.78 is 5.60. The van der Waals surface area contributed by atoms with Crippen LogP contribution in [-0.4, -0.2) is 24.6 Å². The molecule has 1 atom stereocenters. The number of piperidine rings is 1. The van der Waals surface area contributed by atoms with E-state index in [2.05, 4.69) is 10.6 Å². The van der Waals surface area contributed by atoms with Crippen molar-refractivity contribution in [2.24, 2.45) is 0 Å². The molecule has 1 unspecified atom stereocenters. The smallest absolute Gasteiger partial charge is 0.244 e. The van der Waals surface area contributed by atoms with E-state index in [0.717, 1.165) is 42.8 Å². The van der Waals surface area contributed by atoms with Crippen molar-refractivity contribution >= 4 is 11.6 Å². The summed E-state index contributed by atoms with van der Waals surface area (Å²) in [5.74, 6) is 0.752. The number of rotatable bonds is 4. The van der Waals surface area contributed by atoms with Gasteiger partial charge in [0.15, 0.2) is 0 Å². The Morgan fingerprint density at radius 3 is 2.90 bits per heavy atom. The molecule has 20 heavy (non-hydrogen) atoms. The van der Waals surface area contributed by atoms with Gasteiger partial charge in [-0.05, 0) is 64.3 Å². The van der Waals surface area contributed by atoms with Crippen molar-refractivity contribution in [2.75, 3.05) is 18.5 Å². The van der Waals surface area contributed by atoms with Gasteiger partial charge in [0, 0.05) is 0 Å². The number of hydrogen-bond donors (Lipinski definition) is 2. The zero-order valence-electron chi connectivity index (χ0n) is 12.6. The lowest BCUT2D eigenvalue weighted by molar-refractivity contribution is -0.122. The van der Waals surface area contributed by atoms with Gasteiger partial charge in [-0.15, -0.1) is 0 Å². The fourth-order valence-electron chi connectivity index (χ4n) is 2.52. The number of aryl methyl sites for hydroxylation is 1. The van der Waals surface area contributed by atoms with Gasteiger partial charge < -0.3 is 15.4 Å². The highest BCUT2D eigenvalue weighted by atomic mass is 16.5. The summed E-state index contributed by atoms with van der Waals surface area (Å²) in [5, 5.41) is 6.33. The van der Waals surface area contributed by atoms with E-state index in [1.807, 2.05) is 39.0 Å². The fraction of sp³-hybridized carbons (Fsp3) is 0.562. The van der Waals surface area contributed by atoms with Crippen LogP contribution in [0.4, 0.5) is 5.69 Å². The second kappa shape index (κ2) is 6.27. The van der Waals surface area contributed by atoms with Crippen LogP contribution in [0.3, 0.4) is 0 Å². The van der Waals surface area contributed by atoms with E-state index in [1.165, 1.54) is 0 Å². The first-order chi connectivity index (χ1) is 9.55. The molecule has 1 aromatic rings. The maximum atomic E-state index is 12.5. The first-order valence-corrected chi connectivity index (χ1v) is 7.35. The maximum Gasteiger partial charge on any atom is 0.244 e. The first-order valence-electron chi connectivity index (χ1n) is 7.35. The monoisotopic (exact) mass is 276 g/mol. The average Bonchev–Trinajstić information content (AvgIpc) is 2.43. The zero-order valence-corrected chi connectivity index (χ0v) is 12.6. The van der Waals surface area contributed by atoms with Crippen LogP contribution in [0.25, 0.3) is 0 Å². The summed E-state index contributed by atoms with van der Waals surface area (Å²) in [4.78, 5) is 12.5. The van der Waals surface area contributed by atoms with Gasteiger partial charge in [0.1, 0.15) is 5.75 Å². The third-order valence-corrected chi connectivity index (χ3v) is 3.81. The van der Waals surface area contributed by atoms with Crippen LogP contribution in [0, 0.1) is 6.92 Å². The molecule has 0 spiro atoms. The lowest BCUT2D eigenvalue weighted by atomic mass is 9.90. The summed E-state index contributed by atoms with van der Waals surface area (Å²) in [5.41, 5.74) is 1.39. The molecule has 1 aliphatic heterocycles. The first kappa shape index (κ1) is 14.9. The highest BCUT2D eigenvalue weighted by Gasteiger charge is 2.34. The molecular formula is C16H24N2O2. The molecule has 110 valence electrons. The number of nitrogens with one attached hydrogen (secondary N) is 2. The van der Waals surface area contributed by atoms with E-state index >= 15 is 0 Å². The molecule has 1 heterocycles. The minimum atomic E-state index is -0.480. The normalized spacial score (nSPS) is 22.4.